The van der Waals surface area contributed by atoms with Crippen molar-refractivity contribution in [3.05, 3.63) is 47.1 Å². The maximum Gasteiger partial charge on any atom is 0.129 e. The van der Waals surface area contributed by atoms with Gasteiger partial charge in [-0.05, 0) is 33.6 Å². The van der Waals surface area contributed by atoms with E-state index in [1.807, 2.05) is 6.07 Å². The molecule has 0 saturated heterocycles. The molecule has 2 rings (SSSR count). The van der Waals surface area contributed by atoms with E-state index in [9.17, 15) is 0 Å². The fourth-order valence-corrected chi connectivity index (χ4v) is 1.89. The first kappa shape index (κ1) is 12.3. The van der Waals surface area contributed by atoms with Crippen LogP contribution in [0.2, 0.25) is 0 Å². The first-order valence-electron chi connectivity index (χ1n) is 5.00. The fourth-order valence-electron chi connectivity index (χ4n) is 1.31. The second-order valence-corrected chi connectivity index (χ2v) is 4.82. The molecule has 0 aliphatic rings. The van der Waals surface area contributed by atoms with Crippen molar-refractivity contribution in [2.75, 3.05) is 11.9 Å². The molecule has 0 fully saturated rings. The van der Waals surface area contributed by atoms with Gasteiger partial charge in [0.2, 0.25) is 0 Å². The van der Waals surface area contributed by atoms with Crippen LogP contribution < -0.4 is 5.32 Å². The van der Waals surface area contributed by atoms with Gasteiger partial charge in [-0.25, -0.2) is 9.97 Å². The van der Waals surface area contributed by atoms with E-state index in [4.69, 9.17) is 11.6 Å². The number of anilines is 1. The van der Waals surface area contributed by atoms with Crippen LogP contribution in [0.3, 0.4) is 0 Å². The fraction of sp³-hybridized carbons (Fsp3) is 0.182. The Morgan fingerprint density at radius 1 is 1.35 bits per heavy atom. The molecule has 4 nitrogen and oxygen atoms in total. The number of nitrogens with zero attached hydrogens (tertiary/aromatic N) is 3. The van der Waals surface area contributed by atoms with E-state index in [1.165, 1.54) is 6.33 Å². The van der Waals surface area contributed by atoms with Crippen LogP contribution >= 0.6 is 27.5 Å². The van der Waals surface area contributed by atoms with Gasteiger partial charge < -0.3 is 5.32 Å². The monoisotopic (exact) mass is 312 g/mol. The molecule has 2 heterocycles. The Balaban J connectivity index is 1.96. The van der Waals surface area contributed by atoms with Crippen molar-refractivity contribution in [2.24, 2.45) is 0 Å². The molecule has 1 unspecified atom stereocenters. The molecule has 0 aromatic carbocycles. The molecule has 0 aliphatic carbocycles. The van der Waals surface area contributed by atoms with E-state index in [0.29, 0.717) is 6.54 Å². The average Bonchev–Trinajstić information content (AvgIpc) is 2.37. The maximum absolute atomic E-state index is 6.26. The topological polar surface area (TPSA) is 50.7 Å². The Labute approximate surface area is 113 Å². The van der Waals surface area contributed by atoms with Gasteiger partial charge in [-0.2, -0.15) is 0 Å². The number of rotatable bonds is 4. The lowest BCUT2D eigenvalue weighted by atomic mass is 10.2. The van der Waals surface area contributed by atoms with Crippen LogP contribution in [0.25, 0.3) is 0 Å². The van der Waals surface area contributed by atoms with Crippen molar-refractivity contribution in [1.82, 2.24) is 15.0 Å². The Hall–Kier alpha value is -1.20. The van der Waals surface area contributed by atoms with Crippen LogP contribution in [0.1, 0.15) is 10.9 Å². The Morgan fingerprint density at radius 3 is 2.94 bits per heavy atom. The summed E-state index contributed by atoms with van der Waals surface area (Å²) in [6.45, 7) is 0.580. The van der Waals surface area contributed by atoms with Gasteiger partial charge in [-0.1, -0.05) is 0 Å². The second-order valence-electron chi connectivity index (χ2n) is 3.38. The van der Waals surface area contributed by atoms with Crippen LogP contribution in [0.4, 0.5) is 5.82 Å². The van der Waals surface area contributed by atoms with Crippen LogP contribution in [0.15, 0.2) is 41.5 Å². The molecular formula is C11H10BrClN4. The van der Waals surface area contributed by atoms with Crippen molar-refractivity contribution >= 4 is 33.3 Å². The number of aromatic nitrogens is 3. The molecule has 17 heavy (non-hydrogen) atoms. The third kappa shape index (κ3) is 3.64. The van der Waals surface area contributed by atoms with E-state index < -0.39 is 0 Å². The largest absolute Gasteiger partial charge is 0.368 e. The Morgan fingerprint density at radius 2 is 2.24 bits per heavy atom. The van der Waals surface area contributed by atoms with E-state index >= 15 is 0 Å². The molecule has 0 spiro atoms. The molecular weight excluding hydrogens is 304 g/mol. The van der Waals surface area contributed by atoms with Crippen LogP contribution in [0, 0.1) is 0 Å². The summed E-state index contributed by atoms with van der Waals surface area (Å²) >= 11 is 9.63. The smallest absolute Gasteiger partial charge is 0.129 e. The summed E-state index contributed by atoms with van der Waals surface area (Å²) in [6.07, 6.45) is 6.65. The predicted octanol–water partition coefficient (Wildman–Crippen LogP) is 3.03. The van der Waals surface area contributed by atoms with Crippen molar-refractivity contribution in [3.63, 3.8) is 0 Å². The molecule has 0 bridgehead atoms. The van der Waals surface area contributed by atoms with Gasteiger partial charge in [0.15, 0.2) is 0 Å². The first-order chi connectivity index (χ1) is 8.25. The predicted molar refractivity (Wildman–Crippen MR) is 71.1 cm³/mol. The van der Waals surface area contributed by atoms with Crippen LogP contribution in [-0.4, -0.2) is 21.5 Å². The van der Waals surface area contributed by atoms with Gasteiger partial charge in [0.25, 0.3) is 0 Å². The number of hydrogen-bond donors (Lipinski definition) is 1. The molecule has 0 aliphatic heterocycles. The first-order valence-corrected chi connectivity index (χ1v) is 6.23. The summed E-state index contributed by atoms with van der Waals surface area (Å²) in [5, 5.41) is 2.98. The Bertz CT molecular complexity index is 480. The highest BCUT2D eigenvalue weighted by molar-refractivity contribution is 9.10. The van der Waals surface area contributed by atoms with Crippen LogP contribution in [0.5, 0.6) is 0 Å². The van der Waals surface area contributed by atoms with Gasteiger partial charge in [-0.3, -0.25) is 4.98 Å². The van der Waals surface area contributed by atoms with Crippen molar-refractivity contribution in [2.45, 2.75) is 5.38 Å². The second kappa shape index (κ2) is 5.93. The van der Waals surface area contributed by atoms with Gasteiger partial charge in [-0.15, -0.1) is 11.6 Å². The number of pyridine rings is 1. The third-order valence-electron chi connectivity index (χ3n) is 2.13. The lowest BCUT2D eigenvalue weighted by Crippen LogP contribution is -2.09. The van der Waals surface area contributed by atoms with Crippen LogP contribution in [-0.2, 0) is 0 Å². The molecule has 6 heteroatoms. The maximum atomic E-state index is 6.26. The minimum absolute atomic E-state index is 0.157. The highest BCUT2D eigenvalue weighted by atomic mass is 79.9. The molecule has 2 aromatic rings. The molecule has 0 amide bonds. The standard InChI is InChI=1S/C11H10BrClN4/c12-9-3-8(4-15-5-9)10(13)6-16-11-1-2-14-7-17-11/h1-5,7,10H,6H2,(H,14,16,17). The van der Waals surface area contributed by atoms with Crippen molar-refractivity contribution < 1.29 is 0 Å². The zero-order chi connectivity index (χ0) is 12.1. The number of hydrogen-bond acceptors (Lipinski definition) is 4. The molecule has 0 saturated carbocycles. The summed E-state index contributed by atoms with van der Waals surface area (Å²) in [7, 11) is 0. The van der Waals surface area contributed by atoms with E-state index in [0.717, 1.165) is 15.9 Å². The summed E-state index contributed by atoms with van der Waals surface area (Å²) in [6, 6.07) is 3.75. The zero-order valence-corrected chi connectivity index (χ0v) is 11.2. The normalized spacial score (nSPS) is 12.1. The highest BCUT2D eigenvalue weighted by Gasteiger charge is 2.08. The quantitative estimate of drug-likeness (QED) is 0.882. The summed E-state index contributed by atoms with van der Waals surface area (Å²) in [5.41, 5.74) is 0.961. The lowest BCUT2D eigenvalue weighted by molar-refractivity contribution is 0.951. The molecule has 2 aromatic heterocycles. The van der Waals surface area contributed by atoms with Gasteiger partial charge >= 0.3 is 0 Å². The van der Waals surface area contributed by atoms with Crippen molar-refractivity contribution in [1.29, 1.82) is 0 Å². The molecule has 0 radical (unpaired) electrons. The van der Waals surface area contributed by atoms with Gasteiger partial charge in [0, 0.05) is 29.6 Å². The van der Waals surface area contributed by atoms with E-state index in [-0.39, 0.29) is 5.38 Å². The number of halogens is 2. The number of alkyl halides is 1. The highest BCUT2D eigenvalue weighted by Crippen LogP contribution is 2.22. The van der Waals surface area contributed by atoms with Gasteiger partial charge in [0.1, 0.15) is 12.1 Å². The lowest BCUT2D eigenvalue weighted by Gasteiger charge is -2.11. The average molecular weight is 314 g/mol. The Kier molecular flexibility index (Phi) is 4.28. The SMILES string of the molecule is ClC(CNc1ccncn1)c1cncc(Br)c1. The molecule has 1 N–H and O–H groups in total. The molecule has 88 valence electrons. The van der Waals surface area contributed by atoms with E-state index in [2.05, 4.69) is 36.2 Å². The van der Waals surface area contributed by atoms with E-state index in [1.54, 1.807) is 24.7 Å². The third-order valence-corrected chi connectivity index (χ3v) is 2.97. The van der Waals surface area contributed by atoms with Gasteiger partial charge in [0.05, 0.1) is 5.38 Å². The minimum atomic E-state index is -0.157. The molecule has 1 atom stereocenters. The van der Waals surface area contributed by atoms with Crippen molar-refractivity contribution in [3.8, 4) is 0 Å². The zero-order valence-electron chi connectivity index (χ0n) is 8.85. The minimum Gasteiger partial charge on any atom is -0.368 e. The summed E-state index contributed by atoms with van der Waals surface area (Å²) < 4.78 is 0.919. The summed E-state index contributed by atoms with van der Waals surface area (Å²) in [5.74, 6) is 0.758. The summed E-state index contributed by atoms with van der Waals surface area (Å²) in [4.78, 5) is 12.0. The number of nitrogens with one attached hydrogen (secondary N) is 1.